The van der Waals surface area contributed by atoms with Gasteiger partial charge in [-0.25, -0.2) is 4.98 Å². The van der Waals surface area contributed by atoms with Gasteiger partial charge in [0.1, 0.15) is 5.65 Å². The number of hydrogen-bond donors (Lipinski definition) is 0. The quantitative estimate of drug-likeness (QED) is 0.154. The first-order valence-electron chi connectivity index (χ1n) is 24.8. The number of para-hydroxylation sites is 3. The number of pyridine rings is 1. The topological polar surface area (TPSA) is 40.3 Å². The van der Waals surface area contributed by atoms with Gasteiger partial charge in [-0.15, -0.1) is 29.1 Å². The SMILES string of the molecule is CC(C)(C)c1cc(-c2ccccc2)c2c(c1)c1ccccc1c1cccc(c1)c1cc(C(C)(C)C)cc(n1)n1c3[c-]c(ccc3c3ccccc31)oc1[c-]c(cc(C(C)(C)C)c1)n1[cH-]n2-c2ccccc2-1.[Pt]. The van der Waals surface area contributed by atoms with E-state index in [1.807, 2.05) is 6.07 Å². The van der Waals surface area contributed by atoms with E-state index in [9.17, 15) is 0 Å². The van der Waals surface area contributed by atoms with Gasteiger partial charge in [-0.3, -0.25) is 0 Å². The van der Waals surface area contributed by atoms with E-state index < -0.39 is 0 Å². The van der Waals surface area contributed by atoms with Crippen molar-refractivity contribution in [3.05, 3.63) is 211 Å². The number of hydrogen-bond acceptors (Lipinski definition) is 2. The van der Waals surface area contributed by atoms with E-state index in [1.54, 1.807) is 0 Å². The van der Waals surface area contributed by atoms with Crippen molar-refractivity contribution >= 4 is 82.1 Å². The zero-order valence-electron chi connectivity index (χ0n) is 42.3. The normalized spacial score (nSPS) is 12.4. The Morgan fingerprint density at radius 3 is 1.83 bits per heavy atom. The first-order valence-corrected chi connectivity index (χ1v) is 24.8. The summed E-state index contributed by atoms with van der Waals surface area (Å²) in [5.41, 5.74) is 14.3. The van der Waals surface area contributed by atoms with Crippen LogP contribution < -0.4 is 0 Å². The molecule has 5 nitrogen and oxygen atoms in total. The molecule has 12 rings (SSSR count). The molecule has 0 amide bonds. The van der Waals surface area contributed by atoms with E-state index >= 15 is 0 Å². The summed E-state index contributed by atoms with van der Waals surface area (Å²) in [6.45, 7) is 20.5. The molecule has 0 atom stereocenters. The second-order valence-corrected chi connectivity index (χ2v) is 22.3. The number of aromatic nitrogens is 4. The molecular formula is C66H57N4OPt-3. The average Bonchev–Trinajstić information content (AvgIpc) is 3.91. The third-order valence-electron chi connectivity index (χ3n) is 14.3. The molecule has 1 aliphatic rings. The Bertz CT molecular complexity index is 4230. The Hall–Kier alpha value is -7.33. The van der Waals surface area contributed by atoms with Gasteiger partial charge in [0.2, 0.25) is 0 Å². The van der Waals surface area contributed by atoms with Gasteiger partial charge in [0.05, 0.1) is 5.52 Å². The second-order valence-electron chi connectivity index (χ2n) is 22.3. The standard InChI is InChI=1S/C66H57N4O.Pt/c1-64(2,3)45-33-48-39-50(34-45)71-49-30-31-54-53-26-15-16-27-58(53)70(61(54)40-49)62-38-47(66(7,8)9)37-57(67-62)44-23-19-22-43(32-44)51-24-13-14-25-52(51)56-36-46(65(4,5)6)35-55(42-20-11-10-12-21-42)63(56)69-41-68(48)59-28-17-18-29-60(59)69;/h10-38,41H,1-9H3;/q-3;. The van der Waals surface area contributed by atoms with Crippen molar-refractivity contribution < 1.29 is 25.5 Å². The fourth-order valence-electron chi connectivity index (χ4n) is 10.3. The van der Waals surface area contributed by atoms with Crippen LogP contribution in [-0.2, 0) is 37.3 Å². The van der Waals surface area contributed by atoms with Crippen LogP contribution in [0.1, 0.15) is 79.0 Å². The molecule has 6 heteroatoms. The number of imidazole rings is 1. The Balaban J connectivity index is 0.00000560. The Morgan fingerprint density at radius 1 is 0.472 bits per heavy atom. The summed E-state index contributed by atoms with van der Waals surface area (Å²) in [6.07, 6.45) is 2.25. The Labute approximate surface area is 435 Å². The Morgan fingerprint density at radius 2 is 1.10 bits per heavy atom. The van der Waals surface area contributed by atoms with Gasteiger partial charge in [-0.1, -0.05) is 195 Å². The summed E-state index contributed by atoms with van der Waals surface area (Å²) in [5.74, 6) is 0. The molecule has 0 spiro atoms. The van der Waals surface area contributed by atoms with Crippen LogP contribution in [0.3, 0.4) is 0 Å². The fraction of sp³-hybridized carbons (Fsp3) is 0.182. The first-order chi connectivity index (χ1) is 34.1. The molecular weight excluding hydrogens is 1060 g/mol. The minimum Gasteiger partial charge on any atom is -0.510 e. The van der Waals surface area contributed by atoms with Gasteiger partial charge in [0.15, 0.2) is 0 Å². The first kappa shape index (κ1) is 47.0. The van der Waals surface area contributed by atoms with E-state index in [0.717, 1.165) is 99.0 Å². The third-order valence-corrected chi connectivity index (χ3v) is 14.3. The molecule has 3 aromatic heterocycles. The molecule has 0 saturated heterocycles. The van der Waals surface area contributed by atoms with Crippen molar-refractivity contribution in [2.24, 2.45) is 0 Å². The number of fused-ring (bicyclic) bond motifs is 23. The molecule has 0 saturated carbocycles. The summed E-state index contributed by atoms with van der Waals surface area (Å²) < 4.78 is 13.9. The third kappa shape index (κ3) is 8.18. The second kappa shape index (κ2) is 17.5. The smallest absolute Gasteiger partial charge is 0.136 e. The molecule has 0 unspecified atom stereocenters. The maximum absolute atomic E-state index is 6.99. The molecule has 10 bridgehead atoms. The molecule has 360 valence electrons. The van der Waals surface area contributed by atoms with Crippen LogP contribution >= 0.6 is 0 Å². The van der Waals surface area contributed by atoms with Crippen molar-refractivity contribution in [2.75, 3.05) is 0 Å². The van der Waals surface area contributed by atoms with Crippen molar-refractivity contribution in [3.8, 4) is 22.5 Å². The number of nitrogens with zero attached hydrogens (tertiary/aromatic N) is 4. The molecule has 0 fully saturated rings. The van der Waals surface area contributed by atoms with Gasteiger partial charge in [-0.2, -0.15) is 23.8 Å². The predicted molar refractivity (Wildman–Crippen MR) is 299 cm³/mol. The van der Waals surface area contributed by atoms with Gasteiger partial charge >= 0.3 is 0 Å². The van der Waals surface area contributed by atoms with E-state index in [1.165, 1.54) is 11.1 Å². The summed E-state index contributed by atoms with van der Waals surface area (Å²) in [7, 11) is 0. The fourth-order valence-corrected chi connectivity index (χ4v) is 10.3. The summed E-state index contributed by atoms with van der Waals surface area (Å²) in [4.78, 5) is 5.59. The molecule has 0 radical (unpaired) electrons. The predicted octanol–water partition coefficient (Wildman–Crippen LogP) is 17.7. The maximum Gasteiger partial charge on any atom is 0.136 e. The van der Waals surface area contributed by atoms with Gasteiger partial charge in [0.25, 0.3) is 0 Å². The zero-order chi connectivity index (χ0) is 49.0. The Kier molecular flexibility index (Phi) is 11.4. The molecule has 0 N–H and O–H groups in total. The van der Waals surface area contributed by atoms with Crippen LogP contribution in [0.25, 0.3) is 105 Å². The molecule has 0 aliphatic carbocycles. The van der Waals surface area contributed by atoms with Crippen LogP contribution in [0.5, 0.6) is 0 Å². The van der Waals surface area contributed by atoms with Crippen LogP contribution in [0.4, 0.5) is 0 Å². The van der Waals surface area contributed by atoms with Gasteiger partial charge in [0, 0.05) is 49.5 Å². The minimum atomic E-state index is -0.203. The van der Waals surface area contributed by atoms with Crippen molar-refractivity contribution in [1.82, 2.24) is 18.5 Å². The summed E-state index contributed by atoms with van der Waals surface area (Å²) in [5, 5.41) is 7.78. The molecule has 1 aliphatic heterocycles. The van der Waals surface area contributed by atoms with Crippen molar-refractivity contribution in [2.45, 2.75) is 78.6 Å². The number of benzene rings is 8. The zero-order valence-corrected chi connectivity index (χ0v) is 44.6. The summed E-state index contributed by atoms with van der Waals surface area (Å²) in [6, 6.07) is 71.5. The van der Waals surface area contributed by atoms with Crippen LogP contribution in [0.15, 0.2) is 187 Å². The van der Waals surface area contributed by atoms with E-state index in [4.69, 9.17) is 9.40 Å². The average molecular weight is 1120 g/mol. The monoisotopic (exact) mass is 1120 g/mol. The van der Waals surface area contributed by atoms with Crippen LogP contribution in [0, 0.1) is 12.1 Å². The summed E-state index contributed by atoms with van der Waals surface area (Å²) >= 11 is 0. The van der Waals surface area contributed by atoms with Gasteiger partial charge < -0.3 is 18.0 Å². The van der Waals surface area contributed by atoms with Crippen LogP contribution in [-0.4, -0.2) is 18.5 Å². The largest absolute Gasteiger partial charge is 0.510 e. The molecule has 4 heterocycles. The van der Waals surface area contributed by atoms with Crippen LogP contribution in [0.2, 0.25) is 0 Å². The minimum absolute atomic E-state index is 0. The van der Waals surface area contributed by atoms with Gasteiger partial charge in [-0.05, 0) is 107 Å². The van der Waals surface area contributed by atoms with Crippen molar-refractivity contribution in [1.29, 1.82) is 0 Å². The molecule has 8 aromatic carbocycles. The number of rotatable bonds is 1. The van der Waals surface area contributed by atoms with E-state index in [0.29, 0.717) is 11.2 Å². The van der Waals surface area contributed by atoms with Crippen molar-refractivity contribution in [3.63, 3.8) is 0 Å². The molecule has 11 aromatic rings. The van der Waals surface area contributed by atoms with E-state index in [2.05, 4.69) is 264 Å². The molecule has 72 heavy (non-hydrogen) atoms. The maximum atomic E-state index is 6.99. The van der Waals surface area contributed by atoms with E-state index in [-0.39, 0.29) is 37.3 Å².